The van der Waals surface area contributed by atoms with Gasteiger partial charge >= 0.3 is 0 Å². The zero-order chi connectivity index (χ0) is 14.1. The number of terminal acetylenes is 1. The average Bonchev–Trinajstić information content (AvgIpc) is 2.36. The van der Waals surface area contributed by atoms with Gasteiger partial charge in [-0.3, -0.25) is 0 Å². The summed E-state index contributed by atoms with van der Waals surface area (Å²) in [5.41, 5.74) is 0.848. The molecule has 104 valence electrons. The molecular formula is C16H22FNO. The van der Waals surface area contributed by atoms with Gasteiger partial charge in [-0.05, 0) is 24.9 Å². The van der Waals surface area contributed by atoms with Gasteiger partial charge in [0.1, 0.15) is 0 Å². The summed E-state index contributed by atoms with van der Waals surface area (Å²) < 4.78 is 19.3. The molecule has 0 aliphatic rings. The first-order chi connectivity index (χ1) is 9.15. The number of hydrogen-bond donors (Lipinski definition) is 1. The molecule has 0 aromatic heterocycles. The minimum Gasteiger partial charge on any atom is -0.490 e. The summed E-state index contributed by atoms with van der Waals surface area (Å²) in [5, 5.41) is 3.29. The lowest BCUT2D eigenvalue weighted by atomic mass is 10.1. The van der Waals surface area contributed by atoms with Crippen molar-refractivity contribution in [1.82, 2.24) is 5.32 Å². The highest BCUT2D eigenvalue weighted by Crippen LogP contribution is 2.23. The lowest BCUT2D eigenvalue weighted by Gasteiger charge is -2.13. The van der Waals surface area contributed by atoms with E-state index in [9.17, 15) is 4.39 Å². The van der Waals surface area contributed by atoms with Crippen LogP contribution >= 0.6 is 0 Å². The van der Waals surface area contributed by atoms with Crippen molar-refractivity contribution in [1.29, 1.82) is 0 Å². The van der Waals surface area contributed by atoms with Gasteiger partial charge < -0.3 is 10.1 Å². The highest BCUT2D eigenvalue weighted by Gasteiger charge is 2.09. The summed E-state index contributed by atoms with van der Waals surface area (Å²) in [6.07, 6.45) is 6.56. The fraction of sp³-hybridized carbons (Fsp3) is 0.500. The molecular weight excluding hydrogens is 241 g/mol. The van der Waals surface area contributed by atoms with Gasteiger partial charge in [-0.15, -0.1) is 12.3 Å². The largest absolute Gasteiger partial charge is 0.490 e. The molecule has 0 saturated heterocycles. The second-order valence-corrected chi connectivity index (χ2v) is 4.91. The number of para-hydroxylation sites is 1. The predicted octanol–water partition coefficient (Wildman–Crippen LogP) is 3.36. The van der Waals surface area contributed by atoms with Crippen LogP contribution < -0.4 is 10.1 Å². The standard InChI is InChI=1S/C16H22FNO/c1-4-5-6-10-19-16-14(8-7-9-15(16)17)12-18-11-13(2)3/h1,7-9,13,18H,5-6,10-12H2,2-3H3. The van der Waals surface area contributed by atoms with Crippen LogP contribution in [0.25, 0.3) is 0 Å². The first kappa shape index (κ1) is 15.5. The second kappa shape index (κ2) is 8.55. The normalized spacial score (nSPS) is 10.5. The third-order valence-electron chi connectivity index (χ3n) is 2.63. The number of rotatable bonds is 8. The highest BCUT2D eigenvalue weighted by atomic mass is 19.1. The number of benzene rings is 1. The van der Waals surface area contributed by atoms with Gasteiger partial charge in [0.05, 0.1) is 6.61 Å². The molecule has 0 aliphatic heterocycles. The van der Waals surface area contributed by atoms with Crippen molar-refractivity contribution in [3.05, 3.63) is 29.6 Å². The van der Waals surface area contributed by atoms with Gasteiger partial charge in [0.2, 0.25) is 0 Å². The summed E-state index contributed by atoms with van der Waals surface area (Å²) in [7, 11) is 0. The van der Waals surface area contributed by atoms with Gasteiger partial charge in [0.25, 0.3) is 0 Å². The summed E-state index contributed by atoms with van der Waals surface area (Å²) in [5.74, 6) is 3.14. The Morgan fingerprint density at radius 3 is 2.89 bits per heavy atom. The predicted molar refractivity (Wildman–Crippen MR) is 76.5 cm³/mol. The van der Waals surface area contributed by atoms with E-state index in [1.54, 1.807) is 6.07 Å². The Morgan fingerprint density at radius 2 is 2.21 bits per heavy atom. The molecule has 0 spiro atoms. The van der Waals surface area contributed by atoms with E-state index >= 15 is 0 Å². The van der Waals surface area contributed by atoms with Crippen LogP contribution in [0.2, 0.25) is 0 Å². The van der Waals surface area contributed by atoms with E-state index in [0.29, 0.717) is 31.2 Å². The van der Waals surface area contributed by atoms with Crippen LogP contribution in [-0.4, -0.2) is 13.2 Å². The Balaban J connectivity index is 2.59. The SMILES string of the molecule is C#CCCCOc1c(F)cccc1CNCC(C)C. The Bertz CT molecular complexity index is 423. The van der Waals surface area contributed by atoms with Crippen LogP contribution in [0.4, 0.5) is 4.39 Å². The van der Waals surface area contributed by atoms with Gasteiger partial charge in [-0.1, -0.05) is 26.0 Å². The molecule has 0 bridgehead atoms. The Kier molecular flexibility index (Phi) is 6.99. The van der Waals surface area contributed by atoms with Gasteiger partial charge in [-0.25, -0.2) is 4.39 Å². The molecule has 0 saturated carbocycles. The molecule has 0 amide bonds. The van der Waals surface area contributed by atoms with Crippen LogP contribution in [0.1, 0.15) is 32.3 Å². The monoisotopic (exact) mass is 263 g/mol. The Morgan fingerprint density at radius 1 is 1.42 bits per heavy atom. The van der Waals surface area contributed by atoms with Crippen molar-refractivity contribution in [2.24, 2.45) is 5.92 Å². The molecule has 0 fully saturated rings. The van der Waals surface area contributed by atoms with E-state index in [-0.39, 0.29) is 5.82 Å². The van der Waals surface area contributed by atoms with Crippen LogP contribution in [0.3, 0.4) is 0 Å². The smallest absolute Gasteiger partial charge is 0.165 e. The minimum atomic E-state index is -0.315. The summed E-state index contributed by atoms with van der Waals surface area (Å²) >= 11 is 0. The number of ether oxygens (including phenoxy) is 1. The summed E-state index contributed by atoms with van der Waals surface area (Å²) in [6.45, 7) is 6.22. The Labute approximate surface area is 115 Å². The van der Waals surface area contributed by atoms with Crippen molar-refractivity contribution < 1.29 is 9.13 Å². The number of nitrogens with one attached hydrogen (secondary N) is 1. The maximum absolute atomic E-state index is 13.8. The molecule has 0 atom stereocenters. The molecule has 0 heterocycles. The fourth-order valence-electron chi connectivity index (χ4n) is 1.70. The molecule has 2 nitrogen and oxygen atoms in total. The second-order valence-electron chi connectivity index (χ2n) is 4.91. The van der Waals surface area contributed by atoms with Crippen molar-refractivity contribution in [3.8, 4) is 18.1 Å². The van der Waals surface area contributed by atoms with Gasteiger partial charge in [0.15, 0.2) is 11.6 Å². The van der Waals surface area contributed by atoms with E-state index < -0.39 is 0 Å². The van der Waals surface area contributed by atoms with Crippen molar-refractivity contribution in [2.45, 2.75) is 33.2 Å². The zero-order valence-electron chi connectivity index (χ0n) is 11.7. The Hall–Kier alpha value is -1.53. The molecule has 1 rings (SSSR count). The molecule has 0 aliphatic carbocycles. The molecule has 0 unspecified atom stereocenters. The van der Waals surface area contributed by atoms with E-state index in [0.717, 1.165) is 18.5 Å². The number of unbranched alkanes of at least 4 members (excludes halogenated alkanes) is 1. The van der Waals surface area contributed by atoms with E-state index in [4.69, 9.17) is 11.2 Å². The molecule has 1 N–H and O–H groups in total. The molecule has 0 radical (unpaired) electrons. The quantitative estimate of drug-likeness (QED) is 0.573. The fourth-order valence-corrected chi connectivity index (χ4v) is 1.70. The third-order valence-corrected chi connectivity index (χ3v) is 2.63. The minimum absolute atomic E-state index is 0.315. The lowest BCUT2D eigenvalue weighted by Crippen LogP contribution is -2.19. The number of hydrogen-bond acceptors (Lipinski definition) is 2. The topological polar surface area (TPSA) is 21.3 Å². The molecule has 19 heavy (non-hydrogen) atoms. The lowest BCUT2D eigenvalue weighted by molar-refractivity contribution is 0.293. The maximum atomic E-state index is 13.8. The molecule has 3 heteroatoms. The van der Waals surface area contributed by atoms with Crippen LogP contribution in [0.5, 0.6) is 5.75 Å². The number of halogens is 1. The summed E-state index contributed by atoms with van der Waals surface area (Å²) in [6, 6.07) is 5.01. The van der Waals surface area contributed by atoms with E-state index in [1.165, 1.54) is 6.07 Å². The average molecular weight is 263 g/mol. The molecule has 1 aromatic rings. The van der Waals surface area contributed by atoms with Crippen LogP contribution in [0.15, 0.2) is 18.2 Å². The van der Waals surface area contributed by atoms with Crippen LogP contribution in [0, 0.1) is 24.1 Å². The van der Waals surface area contributed by atoms with Gasteiger partial charge in [-0.2, -0.15) is 0 Å². The maximum Gasteiger partial charge on any atom is 0.165 e. The van der Waals surface area contributed by atoms with E-state index in [1.807, 2.05) is 6.07 Å². The van der Waals surface area contributed by atoms with Crippen molar-refractivity contribution in [2.75, 3.05) is 13.2 Å². The summed E-state index contributed by atoms with van der Waals surface area (Å²) in [4.78, 5) is 0. The zero-order valence-corrected chi connectivity index (χ0v) is 11.7. The van der Waals surface area contributed by atoms with E-state index in [2.05, 4.69) is 25.1 Å². The van der Waals surface area contributed by atoms with Crippen molar-refractivity contribution >= 4 is 0 Å². The van der Waals surface area contributed by atoms with Crippen LogP contribution in [-0.2, 0) is 6.54 Å². The third kappa shape index (κ3) is 5.76. The highest BCUT2D eigenvalue weighted by molar-refractivity contribution is 5.34. The first-order valence-electron chi connectivity index (χ1n) is 6.69. The van der Waals surface area contributed by atoms with Gasteiger partial charge in [0, 0.05) is 18.5 Å². The first-order valence-corrected chi connectivity index (χ1v) is 6.69. The van der Waals surface area contributed by atoms with Crippen molar-refractivity contribution in [3.63, 3.8) is 0 Å². The molecule has 1 aromatic carbocycles.